The van der Waals surface area contributed by atoms with Gasteiger partial charge in [-0.15, -0.1) is 0 Å². The SMILES string of the molecule is O=C1/C(=C\c2ccccc2)Oc2cc(O)ccc21. The van der Waals surface area contributed by atoms with Gasteiger partial charge < -0.3 is 9.84 Å². The standard InChI is InChI=1S/C15H10O3/c16-11-6-7-12-13(9-11)18-14(15(12)17)8-10-4-2-1-3-5-10/h1-9,16H/b14-8+. The Morgan fingerprint density at radius 2 is 1.83 bits per heavy atom. The monoisotopic (exact) mass is 238 g/mol. The van der Waals surface area contributed by atoms with Crippen LogP contribution < -0.4 is 4.74 Å². The van der Waals surface area contributed by atoms with Gasteiger partial charge in [0.25, 0.3) is 0 Å². The molecule has 2 aromatic carbocycles. The minimum Gasteiger partial charge on any atom is -0.508 e. The van der Waals surface area contributed by atoms with Crippen molar-refractivity contribution in [2.75, 3.05) is 0 Å². The molecule has 1 heterocycles. The Balaban J connectivity index is 2.00. The van der Waals surface area contributed by atoms with E-state index in [-0.39, 0.29) is 17.3 Å². The van der Waals surface area contributed by atoms with E-state index in [4.69, 9.17) is 4.74 Å². The molecule has 1 aliphatic heterocycles. The predicted molar refractivity (Wildman–Crippen MR) is 67.5 cm³/mol. The molecule has 0 amide bonds. The van der Waals surface area contributed by atoms with E-state index >= 15 is 0 Å². The van der Waals surface area contributed by atoms with E-state index in [1.54, 1.807) is 12.1 Å². The first kappa shape index (κ1) is 10.6. The fourth-order valence-corrected chi connectivity index (χ4v) is 1.88. The lowest BCUT2D eigenvalue weighted by atomic mass is 10.1. The Bertz CT molecular complexity index is 642. The summed E-state index contributed by atoms with van der Waals surface area (Å²) in [5.74, 6) is 0.611. The third-order valence-electron chi connectivity index (χ3n) is 2.75. The second-order valence-corrected chi connectivity index (χ2v) is 4.03. The van der Waals surface area contributed by atoms with Crippen LogP contribution in [0, 0.1) is 0 Å². The van der Waals surface area contributed by atoms with Crippen molar-refractivity contribution in [3.05, 3.63) is 65.4 Å². The van der Waals surface area contributed by atoms with Crippen molar-refractivity contribution in [2.45, 2.75) is 0 Å². The van der Waals surface area contributed by atoms with Gasteiger partial charge in [0, 0.05) is 6.07 Å². The maximum Gasteiger partial charge on any atom is 0.231 e. The molecule has 88 valence electrons. The van der Waals surface area contributed by atoms with E-state index in [2.05, 4.69) is 0 Å². The summed E-state index contributed by atoms with van der Waals surface area (Å²) in [7, 11) is 0. The van der Waals surface area contributed by atoms with Gasteiger partial charge in [-0.3, -0.25) is 4.79 Å². The summed E-state index contributed by atoms with van der Waals surface area (Å²) in [5.41, 5.74) is 1.38. The number of phenolic OH excluding ortho intramolecular Hbond substituents is 1. The van der Waals surface area contributed by atoms with Crippen LogP contribution in [0.5, 0.6) is 11.5 Å². The highest BCUT2D eigenvalue weighted by atomic mass is 16.5. The molecule has 2 aromatic rings. The molecule has 0 radical (unpaired) electrons. The van der Waals surface area contributed by atoms with Crippen molar-refractivity contribution in [3.8, 4) is 11.5 Å². The van der Waals surface area contributed by atoms with E-state index in [1.165, 1.54) is 12.1 Å². The normalized spacial score (nSPS) is 15.6. The fraction of sp³-hybridized carbons (Fsp3) is 0. The topological polar surface area (TPSA) is 46.5 Å². The Labute approximate surface area is 104 Å². The summed E-state index contributed by atoms with van der Waals surface area (Å²) >= 11 is 0. The zero-order chi connectivity index (χ0) is 12.5. The molecule has 3 heteroatoms. The molecule has 0 fully saturated rings. The highest BCUT2D eigenvalue weighted by Crippen LogP contribution is 2.34. The number of carbonyl (C=O) groups excluding carboxylic acids is 1. The molecular weight excluding hydrogens is 228 g/mol. The number of rotatable bonds is 1. The number of ketones is 1. The second-order valence-electron chi connectivity index (χ2n) is 4.03. The van der Waals surface area contributed by atoms with Crippen LogP contribution in [0.4, 0.5) is 0 Å². The zero-order valence-corrected chi connectivity index (χ0v) is 9.46. The number of benzene rings is 2. The van der Waals surface area contributed by atoms with Crippen LogP contribution in [0.1, 0.15) is 15.9 Å². The van der Waals surface area contributed by atoms with Gasteiger partial charge >= 0.3 is 0 Å². The lowest BCUT2D eigenvalue weighted by molar-refractivity contribution is 0.101. The van der Waals surface area contributed by atoms with Crippen molar-refractivity contribution >= 4 is 11.9 Å². The summed E-state index contributed by atoms with van der Waals surface area (Å²) < 4.78 is 5.46. The van der Waals surface area contributed by atoms with Gasteiger partial charge in [0.2, 0.25) is 5.78 Å². The number of Topliss-reactive ketones (excluding diaryl/α,β-unsaturated/α-hetero) is 1. The third-order valence-corrected chi connectivity index (χ3v) is 2.75. The molecule has 18 heavy (non-hydrogen) atoms. The van der Waals surface area contributed by atoms with Gasteiger partial charge in [-0.1, -0.05) is 30.3 Å². The Hall–Kier alpha value is -2.55. The summed E-state index contributed by atoms with van der Waals surface area (Å²) in [5, 5.41) is 9.35. The Morgan fingerprint density at radius 3 is 2.61 bits per heavy atom. The van der Waals surface area contributed by atoms with Crippen molar-refractivity contribution in [3.63, 3.8) is 0 Å². The number of hydrogen-bond donors (Lipinski definition) is 1. The minimum atomic E-state index is -0.158. The molecule has 3 rings (SSSR count). The maximum atomic E-state index is 12.0. The fourth-order valence-electron chi connectivity index (χ4n) is 1.88. The van der Waals surface area contributed by atoms with Gasteiger partial charge in [-0.25, -0.2) is 0 Å². The smallest absolute Gasteiger partial charge is 0.231 e. The number of ether oxygens (including phenoxy) is 1. The number of fused-ring (bicyclic) bond motifs is 1. The highest BCUT2D eigenvalue weighted by Gasteiger charge is 2.27. The quantitative estimate of drug-likeness (QED) is 0.777. The molecule has 3 nitrogen and oxygen atoms in total. The average Bonchev–Trinajstić information content (AvgIpc) is 2.67. The predicted octanol–water partition coefficient (Wildman–Crippen LogP) is 3.01. The van der Waals surface area contributed by atoms with Gasteiger partial charge in [0.05, 0.1) is 5.56 Å². The molecule has 0 unspecified atom stereocenters. The first-order valence-corrected chi connectivity index (χ1v) is 5.56. The molecule has 1 N–H and O–H groups in total. The highest BCUT2D eigenvalue weighted by molar-refractivity contribution is 6.14. The van der Waals surface area contributed by atoms with Gasteiger partial charge in [-0.05, 0) is 23.8 Å². The Morgan fingerprint density at radius 1 is 1.06 bits per heavy atom. The number of carbonyl (C=O) groups is 1. The van der Waals surface area contributed by atoms with Crippen LogP contribution in [0.2, 0.25) is 0 Å². The average molecular weight is 238 g/mol. The lowest BCUT2D eigenvalue weighted by Crippen LogP contribution is -1.97. The van der Waals surface area contributed by atoms with Crippen LogP contribution >= 0.6 is 0 Å². The third kappa shape index (κ3) is 1.76. The second kappa shape index (κ2) is 4.04. The molecule has 1 aliphatic rings. The van der Waals surface area contributed by atoms with Crippen molar-refractivity contribution in [1.82, 2.24) is 0 Å². The molecule has 0 bridgehead atoms. The van der Waals surface area contributed by atoms with Crippen LogP contribution in [0.25, 0.3) is 6.08 Å². The number of allylic oxidation sites excluding steroid dienone is 1. The van der Waals surface area contributed by atoms with Crippen molar-refractivity contribution in [1.29, 1.82) is 0 Å². The molecule has 0 saturated heterocycles. The zero-order valence-electron chi connectivity index (χ0n) is 9.46. The summed E-state index contributed by atoms with van der Waals surface area (Å²) in [4.78, 5) is 12.0. The molecule has 0 aliphatic carbocycles. The van der Waals surface area contributed by atoms with E-state index in [0.717, 1.165) is 5.56 Å². The van der Waals surface area contributed by atoms with Crippen LogP contribution in [0.3, 0.4) is 0 Å². The molecule has 0 atom stereocenters. The summed E-state index contributed by atoms with van der Waals surface area (Å²) in [6.45, 7) is 0. The first-order valence-electron chi connectivity index (χ1n) is 5.56. The molecule has 0 spiro atoms. The lowest BCUT2D eigenvalue weighted by Gasteiger charge is -1.98. The van der Waals surface area contributed by atoms with E-state index in [1.807, 2.05) is 30.3 Å². The number of hydrogen-bond acceptors (Lipinski definition) is 3. The van der Waals surface area contributed by atoms with Gasteiger partial charge in [0.1, 0.15) is 11.5 Å². The largest absolute Gasteiger partial charge is 0.508 e. The van der Waals surface area contributed by atoms with E-state index < -0.39 is 0 Å². The van der Waals surface area contributed by atoms with Crippen molar-refractivity contribution in [2.24, 2.45) is 0 Å². The summed E-state index contributed by atoms with van der Waals surface area (Å²) in [6, 6.07) is 14.0. The van der Waals surface area contributed by atoms with Crippen molar-refractivity contribution < 1.29 is 14.6 Å². The van der Waals surface area contributed by atoms with Gasteiger partial charge in [0.15, 0.2) is 5.76 Å². The Kier molecular flexibility index (Phi) is 2.38. The summed E-state index contributed by atoms with van der Waals surface area (Å²) in [6.07, 6.45) is 1.69. The molecule has 0 saturated carbocycles. The van der Waals surface area contributed by atoms with E-state index in [0.29, 0.717) is 11.3 Å². The van der Waals surface area contributed by atoms with Crippen LogP contribution in [0.15, 0.2) is 54.3 Å². The number of phenols is 1. The molecular formula is C15H10O3. The minimum absolute atomic E-state index is 0.0857. The molecule has 0 aromatic heterocycles. The number of aromatic hydroxyl groups is 1. The van der Waals surface area contributed by atoms with Crippen LogP contribution in [-0.2, 0) is 0 Å². The van der Waals surface area contributed by atoms with Gasteiger partial charge in [-0.2, -0.15) is 0 Å². The first-order chi connectivity index (χ1) is 8.74. The van der Waals surface area contributed by atoms with E-state index in [9.17, 15) is 9.90 Å². The maximum absolute atomic E-state index is 12.0. The van der Waals surface area contributed by atoms with Crippen LogP contribution in [-0.4, -0.2) is 10.9 Å².